The van der Waals surface area contributed by atoms with Gasteiger partial charge in [0.2, 0.25) is 0 Å². The van der Waals surface area contributed by atoms with Crippen LogP contribution in [0.15, 0.2) is 192 Å². The molecule has 2 heteroatoms. The summed E-state index contributed by atoms with van der Waals surface area (Å²) in [5, 5.41) is 3.89. The first kappa shape index (κ1) is 20.0. The summed E-state index contributed by atoms with van der Waals surface area (Å²) in [7, 11) is 0. The Hall–Kier alpha value is -6.38. The van der Waals surface area contributed by atoms with Crippen molar-refractivity contribution in [2.45, 2.75) is 0 Å². The van der Waals surface area contributed by atoms with Crippen molar-refractivity contribution in [1.82, 2.24) is 0 Å². The molecule has 0 unspecified atom stereocenters. The van der Waals surface area contributed by atoms with Crippen molar-refractivity contribution in [3.8, 4) is 33.4 Å². The molecular formula is C46H31NO. The number of para-hydroxylation sites is 2. The lowest BCUT2D eigenvalue weighted by atomic mass is 9.95. The fourth-order valence-corrected chi connectivity index (χ4v) is 6.45. The Kier molecular flexibility index (Phi) is 4.90. The van der Waals surface area contributed by atoms with E-state index in [1.807, 2.05) is 121 Å². The summed E-state index contributed by atoms with van der Waals surface area (Å²) >= 11 is 0. The monoisotopic (exact) mass is 622 g/mol. The summed E-state index contributed by atoms with van der Waals surface area (Å²) in [5.41, 5.74) is 4.85. The first-order valence-corrected chi connectivity index (χ1v) is 15.6. The summed E-state index contributed by atoms with van der Waals surface area (Å²) in [6.45, 7) is 0. The van der Waals surface area contributed by atoms with Gasteiger partial charge in [0, 0.05) is 27.6 Å². The van der Waals surface area contributed by atoms with Gasteiger partial charge in [-0.25, -0.2) is 0 Å². The minimum atomic E-state index is -0.631. The largest absolute Gasteiger partial charge is 0.456 e. The van der Waals surface area contributed by atoms with E-state index in [1.54, 1.807) is 4.90 Å². The van der Waals surface area contributed by atoms with Gasteiger partial charge in [-0.2, -0.15) is 0 Å². The predicted molar refractivity (Wildman–Crippen MR) is 202 cm³/mol. The van der Waals surface area contributed by atoms with Crippen molar-refractivity contribution in [2.24, 2.45) is 0 Å². The van der Waals surface area contributed by atoms with Gasteiger partial charge < -0.3 is 9.32 Å². The van der Waals surface area contributed by atoms with Crippen LogP contribution in [0.5, 0.6) is 0 Å². The van der Waals surface area contributed by atoms with Crippen LogP contribution in [0.4, 0.5) is 17.1 Å². The molecule has 1 aromatic heterocycles. The molecule has 0 spiro atoms. The topological polar surface area (TPSA) is 16.4 Å². The highest BCUT2D eigenvalue weighted by Gasteiger charge is 2.22. The van der Waals surface area contributed by atoms with E-state index < -0.39 is 59.9 Å². The molecule has 9 rings (SSSR count). The molecule has 0 saturated carbocycles. The van der Waals surface area contributed by atoms with Crippen LogP contribution >= 0.6 is 0 Å². The second kappa shape index (κ2) is 11.8. The molecule has 0 atom stereocenters. The fourth-order valence-electron chi connectivity index (χ4n) is 6.45. The Labute approximate surface area is 292 Å². The number of anilines is 3. The average Bonchev–Trinajstić information content (AvgIpc) is 3.61. The molecule has 2 nitrogen and oxygen atoms in total. The molecule has 1 heterocycles. The molecule has 9 aromatic rings. The van der Waals surface area contributed by atoms with Gasteiger partial charge in [0.1, 0.15) is 11.2 Å². The van der Waals surface area contributed by atoms with E-state index >= 15 is 0 Å². The molecule has 48 heavy (non-hydrogen) atoms. The van der Waals surface area contributed by atoms with Crippen LogP contribution in [0.1, 0.15) is 12.3 Å². The van der Waals surface area contributed by atoms with Crippen molar-refractivity contribution in [2.75, 3.05) is 4.90 Å². The number of benzene rings is 8. The molecule has 0 fully saturated rings. The highest BCUT2D eigenvalue weighted by atomic mass is 16.3. The van der Waals surface area contributed by atoms with Gasteiger partial charge >= 0.3 is 0 Å². The Morgan fingerprint density at radius 1 is 0.438 bits per heavy atom. The summed E-state index contributed by atoms with van der Waals surface area (Å²) in [5.74, 6) is 0. The van der Waals surface area contributed by atoms with Gasteiger partial charge in [-0.15, -0.1) is 0 Å². The quantitative estimate of drug-likeness (QED) is 0.183. The molecule has 0 N–H and O–H groups in total. The average molecular weight is 623 g/mol. The van der Waals surface area contributed by atoms with E-state index in [0.29, 0.717) is 17.0 Å². The lowest BCUT2D eigenvalue weighted by molar-refractivity contribution is 0.669. The minimum absolute atomic E-state index is 0.0767. The third-order valence-electron chi connectivity index (χ3n) is 8.61. The van der Waals surface area contributed by atoms with Gasteiger partial charge in [0.25, 0.3) is 0 Å². The molecule has 226 valence electrons. The van der Waals surface area contributed by atoms with E-state index in [1.165, 1.54) is 0 Å². The van der Waals surface area contributed by atoms with Crippen molar-refractivity contribution in [3.63, 3.8) is 0 Å². The molecule has 0 amide bonds. The molecule has 0 bridgehead atoms. The van der Waals surface area contributed by atoms with Crippen LogP contribution in [0.3, 0.4) is 0 Å². The van der Waals surface area contributed by atoms with Gasteiger partial charge in [-0.05, 0) is 75.4 Å². The summed E-state index contributed by atoms with van der Waals surface area (Å²) in [4.78, 5) is 1.74. The zero-order valence-electron chi connectivity index (χ0n) is 34.6. The Bertz CT molecular complexity index is 3030. The van der Waals surface area contributed by atoms with E-state index in [0.717, 1.165) is 49.4 Å². The first-order chi connectivity index (χ1) is 27.6. The summed E-state index contributed by atoms with van der Waals surface area (Å²) in [6, 6.07) is 37.8. The van der Waals surface area contributed by atoms with E-state index in [2.05, 4.69) is 12.1 Å². The summed E-state index contributed by atoms with van der Waals surface area (Å²) in [6.07, 6.45) is 0. The van der Waals surface area contributed by atoms with Crippen molar-refractivity contribution in [3.05, 3.63) is 188 Å². The molecule has 0 saturated heterocycles. The Morgan fingerprint density at radius 3 is 1.81 bits per heavy atom. The molecule has 0 aliphatic carbocycles. The van der Waals surface area contributed by atoms with E-state index in [9.17, 15) is 5.48 Å². The van der Waals surface area contributed by atoms with Crippen LogP contribution in [0, 0.1) is 0 Å². The fraction of sp³-hybridized carbons (Fsp3) is 0. The number of fused-ring (bicyclic) bond motifs is 4. The Balaban J connectivity index is 1.37. The van der Waals surface area contributed by atoms with Crippen LogP contribution < -0.4 is 4.90 Å². The van der Waals surface area contributed by atoms with Gasteiger partial charge in [0.05, 0.1) is 23.7 Å². The van der Waals surface area contributed by atoms with Crippen LogP contribution in [-0.2, 0) is 0 Å². The normalized spacial score (nSPS) is 14.0. The smallest absolute Gasteiger partial charge is 0.136 e. The van der Waals surface area contributed by atoms with E-state index in [4.69, 9.17) is 11.3 Å². The van der Waals surface area contributed by atoms with Crippen LogP contribution in [0.2, 0.25) is 0 Å². The van der Waals surface area contributed by atoms with Gasteiger partial charge in [0.15, 0.2) is 0 Å². The van der Waals surface area contributed by atoms with Crippen molar-refractivity contribution in [1.29, 1.82) is 0 Å². The second-order valence-corrected chi connectivity index (χ2v) is 11.4. The highest BCUT2D eigenvalue weighted by Crippen LogP contribution is 2.47. The maximum absolute atomic E-state index is 9.58. The third kappa shape index (κ3) is 4.83. The number of rotatable bonds is 6. The number of nitrogens with zero attached hydrogens (tertiary/aromatic N) is 1. The Morgan fingerprint density at radius 2 is 1.04 bits per heavy atom. The van der Waals surface area contributed by atoms with Crippen LogP contribution in [0.25, 0.3) is 66.1 Å². The standard InChI is InChI=1S/C46H31NO/c1-3-14-32(15-4-1)33-26-28-37(29-27-33)47(42-23-11-9-20-38(42)34-16-5-2-6-17-34)43-24-12-10-21-39(43)40-22-13-25-44-46(40)41-30-35-18-7-8-19-36(35)31-45(41)48-44/h1-31H/i1D,3D,4D,14D,15D,26D,27D,28D,29D. The second-order valence-electron chi connectivity index (χ2n) is 11.4. The highest BCUT2D eigenvalue weighted by molar-refractivity contribution is 6.16. The first-order valence-electron chi connectivity index (χ1n) is 20.1. The molecular weight excluding hydrogens is 583 g/mol. The number of hydrogen-bond donors (Lipinski definition) is 0. The molecule has 0 aliphatic rings. The lowest BCUT2D eigenvalue weighted by Crippen LogP contribution is -2.12. The van der Waals surface area contributed by atoms with Gasteiger partial charge in [-0.3, -0.25) is 0 Å². The van der Waals surface area contributed by atoms with Crippen molar-refractivity contribution < 1.29 is 16.8 Å². The van der Waals surface area contributed by atoms with Crippen molar-refractivity contribution >= 4 is 49.8 Å². The van der Waals surface area contributed by atoms with Crippen LogP contribution in [-0.4, -0.2) is 0 Å². The zero-order chi connectivity index (χ0) is 39.7. The molecule has 0 radical (unpaired) electrons. The maximum Gasteiger partial charge on any atom is 0.136 e. The van der Waals surface area contributed by atoms with Gasteiger partial charge in [-0.1, -0.05) is 145 Å². The molecule has 0 aliphatic heterocycles. The SMILES string of the molecule is [2H]c1c([2H])c([2H])c(-c2c([2H])c([2H])c(N(c3ccccc3-c3ccccc3)c3ccccc3-c3cccc4oc5cc6ccccc6cc5c34)c([2H])c2[2H])c([2H])c1[2H]. The summed E-state index contributed by atoms with van der Waals surface area (Å²) < 4.78 is 86.2. The number of hydrogen-bond acceptors (Lipinski definition) is 2. The molecule has 8 aromatic carbocycles. The maximum atomic E-state index is 9.58. The lowest BCUT2D eigenvalue weighted by Gasteiger charge is -2.30. The zero-order valence-corrected chi connectivity index (χ0v) is 25.6. The van der Waals surface area contributed by atoms with E-state index in [-0.39, 0.29) is 11.3 Å². The minimum Gasteiger partial charge on any atom is -0.456 e. The predicted octanol–water partition coefficient (Wildman–Crippen LogP) is 13.2. The number of furan rings is 1. The third-order valence-corrected chi connectivity index (χ3v) is 8.61.